The molecule has 0 rings (SSSR count). The summed E-state index contributed by atoms with van der Waals surface area (Å²) in [7, 11) is 1.64. The van der Waals surface area contributed by atoms with E-state index in [1.807, 2.05) is 6.92 Å². The number of ether oxygens (including phenoxy) is 13. The topological polar surface area (TPSA) is 137 Å². The Labute approximate surface area is 283 Å². The molecule has 0 saturated heterocycles. The fraction of sp³-hybridized carbons (Fsp3) is 0.970. The quantitative estimate of drug-likeness (QED) is 0.0688. The lowest BCUT2D eigenvalue weighted by atomic mass is 10.00. The van der Waals surface area contributed by atoms with E-state index in [0.717, 1.165) is 25.7 Å². The predicted molar refractivity (Wildman–Crippen MR) is 175 cm³/mol. The first kappa shape index (κ1) is 46.0. The van der Waals surface area contributed by atoms with Crippen LogP contribution in [0.25, 0.3) is 0 Å². The number of rotatable bonds is 41. The van der Waals surface area contributed by atoms with Gasteiger partial charge in [0.05, 0.1) is 158 Å². The second kappa shape index (κ2) is 41.2. The summed E-state index contributed by atoms with van der Waals surface area (Å²) in [4.78, 5) is 12.0. The smallest absolute Gasteiger partial charge is 0.308 e. The Morgan fingerprint density at radius 3 is 0.894 bits per heavy atom. The fourth-order valence-electron chi connectivity index (χ4n) is 3.70. The molecule has 0 aliphatic rings. The highest BCUT2D eigenvalue weighted by Crippen LogP contribution is 2.14. The number of hydrogen-bond donors (Lipinski definition) is 0. The van der Waals surface area contributed by atoms with E-state index in [9.17, 15) is 4.79 Å². The van der Waals surface area contributed by atoms with Crippen molar-refractivity contribution in [1.82, 2.24) is 0 Å². The van der Waals surface area contributed by atoms with Gasteiger partial charge < -0.3 is 61.6 Å². The highest BCUT2D eigenvalue weighted by molar-refractivity contribution is 5.72. The fourth-order valence-corrected chi connectivity index (χ4v) is 3.70. The van der Waals surface area contributed by atoms with Gasteiger partial charge in [-0.1, -0.05) is 26.7 Å². The van der Waals surface area contributed by atoms with Crippen molar-refractivity contribution < 1.29 is 66.4 Å². The molecule has 0 N–H and O–H groups in total. The van der Waals surface area contributed by atoms with Gasteiger partial charge in [0.2, 0.25) is 0 Å². The van der Waals surface area contributed by atoms with E-state index < -0.39 is 0 Å². The van der Waals surface area contributed by atoms with E-state index >= 15 is 0 Å². The van der Waals surface area contributed by atoms with Gasteiger partial charge in [0.1, 0.15) is 6.61 Å². The van der Waals surface area contributed by atoms with Gasteiger partial charge in [0, 0.05) is 7.11 Å². The molecular weight excluding hydrogens is 620 g/mol. The highest BCUT2D eigenvalue weighted by Gasteiger charge is 2.16. The van der Waals surface area contributed by atoms with Gasteiger partial charge in [0.15, 0.2) is 0 Å². The van der Waals surface area contributed by atoms with Crippen LogP contribution in [0.1, 0.15) is 39.5 Å². The van der Waals surface area contributed by atoms with Crippen molar-refractivity contribution in [2.45, 2.75) is 39.5 Å². The van der Waals surface area contributed by atoms with Crippen LogP contribution in [0, 0.1) is 5.92 Å². The molecule has 0 amide bonds. The van der Waals surface area contributed by atoms with Crippen LogP contribution in [-0.2, 0) is 66.4 Å². The summed E-state index contributed by atoms with van der Waals surface area (Å²) in [6.45, 7) is 16.1. The van der Waals surface area contributed by atoms with E-state index in [1.54, 1.807) is 7.11 Å². The molecule has 1 unspecified atom stereocenters. The highest BCUT2D eigenvalue weighted by atomic mass is 16.6. The summed E-state index contributed by atoms with van der Waals surface area (Å²) in [5.74, 6) is -0.124. The third-order valence-corrected chi connectivity index (χ3v) is 6.36. The lowest BCUT2D eigenvalue weighted by Gasteiger charge is -2.13. The Hall–Kier alpha value is -1.01. The predicted octanol–water partition coefficient (Wildman–Crippen LogP) is 2.58. The maximum Gasteiger partial charge on any atom is 0.308 e. The molecule has 0 bridgehead atoms. The van der Waals surface area contributed by atoms with Crippen molar-refractivity contribution in [1.29, 1.82) is 0 Å². The van der Waals surface area contributed by atoms with Gasteiger partial charge in [-0.15, -0.1) is 0 Å². The summed E-state index contributed by atoms with van der Waals surface area (Å²) in [5.41, 5.74) is 0. The standard InChI is InChI=1S/C33H66O14/c1-4-6-7-32(5-2)33(34)47-31-30-46-29-28-45-27-26-44-25-24-43-23-22-42-21-20-41-19-18-40-17-16-39-15-14-38-13-12-37-11-10-36-9-8-35-3/h32H,4-31H2,1-3H3. The van der Waals surface area contributed by atoms with Crippen LogP contribution in [0.2, 0.25) is 0 Å². The molecule has 0 aliphatic carbocycles. The third kappa shape index (κ3) is 37.7. The molecule has 47 heavy (non-hydrogen) atoms. The molecule has 0 spiro atoms. The summed E-state index contributed by atoms with van der Waals surface area (Å²) < 4.78 is 70.1. The first-order valence-electron chi connectivity index (χ1n) is 17.3. The van der Waals surface area contributed by atoms with Crippen molar-refractivity contribution in [3.8, 4) is 0 Å². The van der Waals surface area contributed by atoms with Crippen molar-refractivity contribution in [2.75, 3.05) is 166 Å². The largest absolute Gasteiger partial charge is 0.463 e. The first-order chi connectivity index (χ1) is 23.3. The van der Waals surface area contributed by atoms with E-state index in [1.165, 1.54) is 0 Å². The van der Waals surface area contributed by atoms with Crippen LogP contribution in [0.5, 0.6) is 0 Å². The maximum absolute atomic E-state index is 12.0. The van der Waals surface area contributed by atoms with Crippen LogP contribution < -0.4 is 0 Å². The average Bonchev–Trinajstić information content (AvgIpc) is 3.08. The molecule has 282 valence electrons. The van der Waals surface area contributed by atoms with Crippen LogP contribution in [0.4, 0.5) is 0 Å². The molecule has 0 aromatic heterocycles. The summed E-state index contributed by atoms with van der Waals surface area (Å²) in [6.07, 6.45) is 3.83. The average molecular weight is 687 g/mol. The van der Waals surface area contributed by atoms with E-state index in [2.05, 4.69) is 6.92 Å². The number of carbonyl (C=O) groups excluding carboxylic acids is 1. The molecule has 0 aromatic rings. The molecule has 14 nitrogen and oxygen atoms in total. The van der Waals surface area contributed by atoms with Crippen LogP contribution in [0.15, 0.2) is 0 Å². The van der Waals surface area contributed by atoms with Crippen molar-refractivity contribution in [2.24, 2.45) is 5.92 Å². The van der Waals surface area contributed by atoms with Gasteiger partial charge in [-0.2, -0.15) is 0 Å². The van der Waals surface area contributed by atoms with Gasteiger partial charge in [-0.3, -0.25) is 4.79 Å². The molecule has 0 radical (unpaired) electrons. The second-order valence-corrected chi connectivity index (χ2v) is 10.1. The molecule has 1 atom stereocenters. The Balaban J connectivity index is 3.13. The first-order valence-corrected chi connectivity index (χ1v) is 17.3. The minimum absolute atomic E-state index is 0.00375. The van der Waals surface area contributed by atoms with Crippen molar-refractivity contribution in [3.63, 3.8) is 0 Å². The van der Waals surface area contributed by atoms with Crippen LogP contribution in [0.3, 0.4) is 0 Å². The van der Waals surface area contributed by atoms with Crippen molar-refractivity contribution >= 4 is 5.97 Å². The number of methoxy groups -OCH3 is 1. The summed E-state index contributed by atoms with van der Waals surface area (Å²) >= 11 is 0. The van der Waals surface area contributed by atoms with Crippen LogP contribution in [-0.4, -0.2) is 172 Å². The molecule has 0 aromatic carbocycles. The molecule has 0 saturated carbocycles. The minimum atomic E-state index is -0.120. The summed E-state index contributed by atoms with van der Waals surface area (Å²) in [6, 6.07) is 0. The zero-order chi connectivity index (χ0) is 34.1. The monoisotopic (exact) mass is 686 g/mol. The van der Waals surface area contributed by atoms with Gasteiger partial charge in [-0.05, 0) is 12.8 Å². The molecular formula is C33H66O14. The molecule has 0 aliphatic heterocycles. The molecule has 0 heterocycles. The van der Waals surface area contributed by atoms with Crippen LogP contribution >= 0.6 is 0 Å². The zero-order valence-corrected chi connectivity index (χ0v) is 29.6. The van der Waals surface area contributed by atoms with Gasteiger partial charge in [0.25, 0.3) is 0 Å². The Morgan fingerprint density at radius 2 is 0.660 bits per heavy atom. The zero-order valence-electron chi connectivity index (χ0n) is 29.6. The van der Waals surface area contributed by atoms with E-state index in [0.29, 0.717) is 152 Å². The number of unbranched alkanes of at least 4 members (excludes halogenated alkanes) is 1. The molecule has 14 heteroatoms. The Kier molecular flexibility index (Phi) is 40.3. The summed E-state index contributed by atoms with van der Waals surface area (Å²) in [5, 5.41) is 0. The lowest BCUT2D eigenvalue weighted by Crippen LogP contribution is -2.20. The van der Waals surface area contributed by atoms with E-state index in [-0.39, 0.29) is 18.5 Å². The Morgan fingerprint density at radius 1 is 0.404 bits per heavy atom. The SMILES string of the molecule is CCCCC(CC)C(=O)OCCOCCOCCOCCOCCOCCOCCOCCOCCOCCOCCOCCOC. The number of hydrogen-bond acceptors (Lipinski definition) is 14. The molecule has 0 fully saturated rings. The van der Waals surface area contributed by atoms with E-state index in [4.69, 9.17) is 61.6 Å². The minimum Gasteiger partial charge on any atom is -0.463 e. The normalized spacial score (nSPS) is 12.1. The Bertz CT molecular complexity index is 602. The van der Waals surface area contributed by atoms with Gasteiger partial charge in [-0.25, -0.2) is 0 Å². The lowest BCUT2D eigenvalue weighted by molar-refractivity contribution is -0.150. The second-order valence-electron chi connectivity index (χ2n) is 10.1. The van der Waals surface area contributed by atoms with Gasteiger partial charge >= 0.3 is 5.97 Å². The number of esters is 1. The van der Waals surface area contributed by atoms with Crippen molar-refractivity contribution in [3.05, 3.63) is 0 Å². The number of carbonyl (C=O) groups is 1. The third-order valence-electron chi connectivity index (χ3n) is 6.36. The maximum atomic E-state index is 12.0.